The fourth-order valence-corrected chi connectivity index (χ4v) is 9.09. The highest BCUT2D eigenvalue weighted by Crippen LogP contribution is 2.64. The van der Waals surface area contributed by atoms with Crippen LogP contribution in [0.5, 0.6) is 0 Å². The van der Waals surface area contributed by atoms with Gasteiger partial charge >= 0.3 is 0 Å². The van der Waals surface area contributed by atoms with Crippen molar-refractivity contribution in [2.75, 3.05) is 4.90 Å². The average Bonchev–Trinajstić information content (AvgIpc) is 3.44. The molecule has 0 fully saturated rings. The van der Waals surface area contributed by atoms with E-state index >= 15 is 0 Å². The van der Waals surface area contributed by atoms with Crippen LogP contribution in [0.15, 0.2) is 186 Å². The fraction of sp³-hybridized carbons (Fsp3) is 0.0233. The van der Waals surface area contributed by atoms with E-state index in [-0.39, 0.29) is 4.90 Å². The zero-order valence-electron chi connectivity index (χ0n) is 25.4. The fourth-order valence-electron chi connectivity index (χ4n) is 7.81. The van der Waals surface area contributed by atoms with Gasteiger partial charge in [0.1, 0.15) is 0 Å². The van der Waals surface area contributed by atoms with E-state index in [1.165, 1.54) is 33.4 Å². The smallest absolute Gasteiger partial charge is 0.206 e. The first-order valence-corrected chi connectivity index (χ1v) is 17.3. The van der Waals surface area contributed by atoms with Crippen molar-refractivity contribution in [1.29, 1.82) is 0 Å². The van der Waals surface area contributed by atoms with Crippen LogP contribution in [0.3, 0.4) is 0 Å². The Hall–Kier alpha value is -5.71. The Morgan fingerprint density at radius 1 is 0.404 bits per heavy atom. The quantitative estimate of drug-likeness (QED) is 0.196. The topological polar surface area (TPSA) is 37.4 Å². The Morgan fingerprint density at radius 3 is 1.55 bits per heavy atom. The third-order valence-electron chi connectivity index (χ3n) is 9.70. The van der Waals surface area contributed by atoms with Gasteiger partial charge < -0.3 is 4.90 Å². The molecule has 1 aliphatic heterocycles. The van der Waals surface area contributed by atoms with Crippen molar-refractivity contribution >= 4 is 26.9 Å². The van der Waals surface area contributed by atoms with Crippen LogP contribution in [0, 0.1) is 0 Å². The van der Waals surface area contributed by atoms with Crippen LogP contribution in [0.4, 0.5) is 17.1 Å². The summed E-state index contributed by atoms with van der Waals surface area (Å²) in [7, 11) is -3.64. The molecule has 0 bridgehead atoms. The van der Waals surface area contributed by atoms with E-state index < -0.39 is 15.3 Å². The van der Waals surface area contributed by atoms with E-state index in [1.807, 2.05) is 18.2 Å². The van der Waals surface area contributed by atoms with Gasteiger partial charge in [0, 0.05) is 5.69 Å². The first-order chi connectivity index (χ1) is 23.1. The van der Waals surface area contributed by atoms with Crippen LogP contribution < -0.4 is 4.90 Å². The van der Waals surface area contributed by atoms with Crippen LogP contribution in [-0.2, 0) is 15.3 Å². The van der Waals surface area contributed by atoms with Crippen LogP contribution in [0.25, 0.3) is 22.3 Å². The van der Waals surface area contributed by atoms with Crippen LogP contribution in [-0.4, -0.2) is 8.42 Å². The van der Waals surface area contributed by atoms with Crippen molar-refractivity contribution in [2.24, 2.45) is 0 Å². The first kappa shape index (κ1) is 27.6. The second-order valence-corrected chi connectivity index (χ2v) is 14.0. The Balaban J connectivity index is 1.33. The van der Waals surface area contributed by atoms with Crippen LogP contribution in [0.1, 0.15) is 22.3 Å². The number of para-hydroxylation sites is 3. The number of hydrogen-bond acceptors (Lipinski definition) is 3. The molecule has 0 radical (unpaired) electrons. The average molecular weight is 624 g/mol. The standard InChI is InChI=1S/C43H29NO2S/c45-47(46,32-16-5-2-6-17-32)33-28-26-30(27-29-33)34-19-13-20-36-35-18-7-8-21-37(35)43(42(34)36)38-22-9-11-24-40(38)44(31-14-3-1-4-15-31)41-25-12-10-23-39(41)43/h1-29H. The maximum Gasteiger partial charge on any atom is 0.206 e. The molecule has 3 nitrogen and oxygen atoms in total. The van der Waals surface area contributed by atoms with Gasteiger partial charge in [0.25, 0.3) is 0 Å². The molecule has 224 valence electrons. The Labute approximate surface area is 275 Å². The first-order valence-electron chi connectivity index (χ1n) is 15.8. The van der Waals surface area contributed by atoms with Crippen molar-refractivity contribution < 1.29 is 8.42 Å². The van der Waals surface area contributed by atoms with Crippen molar-refractivity contribution in [3.63, 3.8) is 0 Å². The van der Waals surface area contributed by atoms with E-state index in [0.717, 1.165) is 28.2 Å². The summed E-state index contributed by atoms with van der Waals surface area (Å²) in [6.07, 6.45) is 0. The molecule has 0 saturated heterocycles. The highest BCUT2D eigenvalue weighted by molar-refractivity contribution is 7.91. The monoisotopic (exact) mass is 623 g/mol. The van der Waals surface area contributed by atoms with E-state index in [1.54, 1.807) is 36.4 Å². The number of sulfone groups is 1. The van der Waals surface area contributed by atoms with Crippen molar-refractivity contribution in [2.45, 2.75) is 15.2 Å². The summed E-state index contributed by atoms with van der Waals surface area (Å²) in [4.78, 5) is 2.95. The molecular weight excluding hydrogens is 595 g/mol. The highest BCUT2D eigenvalue weighted by Gasteiger charge is 2.52. The Bertz CT molecular complexity index is 2370. The molecule has 47 heavy (non-hydrogen) atoms. The number of benzene rings is 7. The molecule has 1 heterocycles. The van der Waals surface area contributed by atoms with Gasteiger partial charge in [-0.15, -0.1) is 0 Å². The van der Waals surface area contributed by atoms with Gasteiger partial charge in [0.15, 0.2) is 0 Å². The lowest BCUT2D eigenvalue weighted by atomic mass is 9.63. The van der Waals surface area contributed by atoms with E-state index in [4.69, 9.17) is 0 Å². The number of nitrogens with zero attached hydrogens (tertiary/aromatic N) is 1. The number of rotatable bonds is 4. The number of anilines is 3. The maximum atomic E-state index is 13.5. The van der Waals surface area contributed by atoms with E-state index in [9.17, 15) is 8.42 Å². The van der Waals surface area contributed by atoms with Crippen molar-refractivity contribution in [3.05, 3.63) is 198 Å². The second kappa shape index (κ2) is 10.4. The highest BCUT2D eigenvalue weighted by atomic mass is 32.2. The van der Waals surface area contributed by atoms with Crippen molar-refractivity contribution in [3.8, 4) is 22.3 Å². The molecule has 0 aromatic heterocycles. The molecule has 1 spiro atoms. The molecule has 9 rings (SSSR count). The minimum atomic E-state index is -3.64. The Morgan fingerprint density at radius 2 is 0.894 bits per heavy atom. The second-order valence-electron chi connectivity index (χ2n) is 12.1. The van der Waals surface area contributed by atoms with Gasteiger partial charge in [-0.25, -0.2) is 8.42 Å². The zero-order chi connectivity index (χ0) is 31.6. The predicted molar refractivity (Wildman–Crippen MR) is 189 cm³/mol. The zero-order valence-corrected chi connectivity index (χ0v) is 26.2. The lowest BCUT2D eigenvalue weighted by molar-refractivity contribution is 0.596. The molecule has 0 atom stereocenters. The number of fused-ring (bicyclic) bond motifs is 9. The van der Waals surface area contributed by atoms with Crippen LogP contribution >= 0.6 is 0 Å². The van der Waals surface area contributed by atoms with Gasteiger partial charge in [0.2, 0.25) is 9.84 Å². The van der Waals surface area contributed by atoms with Gasteiger partial charge in [-0.05, 0) is 93.0 Å². The minimum absolute atomic E-state index is 0.282. The van der Waals surface area contributed by atoms with Gasteiger partial charge in [0.05, 0.1) is 26.6 Å². The van der Waals surface area contributed by atoms with Gasteiger partial charge in [-0.3, -0.25) is 0 Å². The lowest BCUT2D eigenvalue weighted by Gasteiger charge is -2.45. The summed E-state index contributed by atoms with van der Waals surface area (Å²) in [6.45, 7) is 0. The summed E-state index contributed by atoms with van der Waals surface area (Å²) in [6, 6.07) is 59.4. The SMILES string of the molecule is O=S(=O)(c1ccccc1)c1ccc(-c2cccc3c2C2(c4ccccc4-3)c3ccccc3N(c3ccccc3)c3ccccc32)cc1. The molecule has 0 unspecified atom stereocenters. The van der Waals surface area contributed by atoms with Gasteiger partial charge in [-0.2, -0.15) is 0 Å². The largest absolute Gasteiger partial charge is 0.310 e. The normalized spacial score (nSPS) is 13.8. The van der Waals surface area contributed by atoms with Crippen LogP contribution in [0.2, 0.25) is 0 Å². The predicted octanol–water partition coefficient (Wildman–Crippen LogP) is 10.3. The molecule has 2 aliphatic rings. The molecule has 0 saturated carbocycles. The molecule has 0 amide bonds. The molecule has 1 aliphatic carbocycles. The van der Waals surface area contributed by atoms with E-state index in [0.29, 0.717) is 4.90 Å². The van der Waals surface area contributed by atoms with Gasteiger partial charge in [-0.1, -0.05) is 127 Å². The third kappa shape index (κ3) is 3.89. The molecule has 4 heteroatoms. The third-order valence-corrected chi connectivity index (χ3v) is 11.5. The lowest BCUT2D eigenvalue weighted by Crippen LogP contribution is -2.36. The van der Waals surface area contributed by atoms with Crippen molar-refractivity contribution in [1.82, 2.24) is 0 Å². The maximum absolute atomic E-state index is 13.5. The Kier molecular flexibility index (Phi) is 6.11. The molecule has 7 aromatic carbocycles. The summed E-state index contributed by atoms with van der Waals surface area (Å²) in [5.41, 5.74) is 12.1. The summed E-state index contributed by atoms with van der Waals surface area (Å²) in [5, 5.41) is 0. The number of hydrogen-bond donors (Lipinski definition) is 0. The summed E-state index contributed by atoms with van der Waals surface area (Å²) in [5.74, 6) is 0. The summed E-state index contributed by atoms with van der Waals surface area (Å²) >= 11 is 0. The summed E-state index contributed by atoms with van der Waals surface area (Å²) < 4.78 is 27.0. The van der Waals surface area contributed by atoms with E-state index in [2.05, 4.69) is 126 Å². The molecular formula is C43H29NO2S. The molecule has 7 aromatic rings. The molecule has 0 N–H and O–H groups in total. The minimum Gasteiger partial charge on any atom is -0.310 e.